The second kappa shape index (κ2) is 6.11. The van der Waals surface area contributed by atoms with Crippen molar-refractivity contribution in [3.8, 4) is 22.5 Å². The van der Waals surface area contributed by atoms with Crippen LogP contribution in [0.3, 0.4) is 0 Å². The standard InChI is InChI=1S/C19H16FN5O/c1-2-24-11-13(6-7-15(24)26)17-16(12-4-3-5-14(20)10-12)23-18(21)19-22-8-9-25(17)19/h3-11H,2H2,1H3,(H2,21,23). The summed E-state index contributed by atoms with van der Waals surface area (Å²) in [6.45, 7) is 2.43. The Kier molecular flexibility index (Phi) is 3.76. The molecule has 1 aromatic carbocycles. The highest BCUT2D eigenvalue weighted by Gasteiger charge is 2.17. The first-order valence-corrected chi connectivity index (χ1v) is 8.18. The number of nitrogens with two attached hydrogens (primary N) is 1. The van der Waals surface area contributed by atoms with E-state index in [9.17, 15) is 9.18 Å². The molecular formula is C19H16FN5O. The highest BCUT2D eigenvalue weighted by Crippen LogP contribution is 2.32. The molecule has 3 aromatic heterocycles. The summed E-state index contributed by atoms with van der Waals surface area (Å²) in [7, 11) is 0. The van der Waals surface area contributed by atoms with Crippen LogP contribution in [0.2, 0.25) is 0 Å². The Morgan fingerprint density at radius 1 is 1.19 bits per heavy atom. The Morgan fingerprint density at radius 3 is 2.81 bits per heavy atom. The van der Waals surface area contributed by atoms with Gasteiger partial charge in [0.15, 0.2) is 11.5 Å². The smallest absolute Gasteiger partial charge is 0.250 e. The van der Waals surface area contributed by atoms with E-state index in [-0.39, 0.29) is 17.2 Å². The van der Waals surface area contributed by atoms with Crippen LogP contribution in [0.4, 0.5) is 10.2 Å². The van der Waals surface area contributed by atoms with Crippen molar-refractivity contribution in [1.29, 1.82) is 0 Å². The summed E-state index contributed by atoms with van der Waals surface area (Å²) in [6.07, 6.45) is 5.16. The number of anilines is 1. The third-order valence-electron chi connectivity index (χ3n) is 4.26. The fraction of sp³-hybridized carbons (Fsp3) is 0.105. The SMILES string of the molecule is CCn1cc(-c2c(-c3cccc(F)c3)nc(N)c3nccn23)ccc1=O. The summed E-state index contributed by atoms with van der Waals surface area (Å²) < 4.78 is 17.2. The molecule has 0 spiro atoms. The minimum atomic E-state index is -0.363. The van der Waals surface area contributed by atoms with Crippen LogP contribution in [-0.2, 0) is 6.54 Å². The Hall–Kier alpha value is -3.48. The van der Waals surface area contributed by atoms with E-state index in [1.54, 1.807) is 41.4 Å². The molecule has 4 rings (SSSR count). The van der Waals surface area contributed by atoms with E-state index in [0.29, 0.717) is 29.1 Å². The average Bonchev–Trinajstić information content (AvgIpc) is 3.12. The number of aromatic nitrogens is 4. The number of rotatable bonds is 3. The molecule has 3 heterocycles. The predicted octanol–water partition coefficient (Wildman–Crippen LogP) is 2.97. The van der Waals surface area contributed by atoms with Gasteiger partial charge in [-0.1, -0.05) is 12.1 Å². The minimum Gasteiger partial charge on any atom is -0.381 e. The fourth-order valence-electron chi connectivity index (χ4n) is 3.04. The number of benzene rings is 1. The van der Waals surface area contributed by atoms with E-state index >= 15 is 0 Å². The number of aryl methyl sites for hydroxylation is 1. The number of fused-ring (bicyclic) bond motifs is 1. The van der Waals surface area contributed by atoms with Crippen LogP contribution < -0.4 is 11.3 Å². The number of pyridine rings is 1. The summed E-state index contributed by atoms with van der Waals surface area (Å²) in [5.41, 5.74) is 9.06. The van der Waals surface area contributed by atoms with Crippen molar-refractivity contribution < 1.29 is 4.39 Å². The van der Waals surface area contributed by atoms with Crippen molar-refractivity contribution in [3.05, 3.63) is 71.2 Å². The second-order valence-electron chi connectivity index (χ2n) is 5.87. The van der Waals surface area contributed by atoms with Crippen LogP contribution in [0.25, 0.3) is 28.2 Å². The second-order valence-corrected chi connectivity index (χ2v) is 5.87. The number of nitrogens with zero attached hydrogens (tertiary/aromatic N) is 4. The lowest BCUT2D eigenvalue weighted by atomic mass is 10.0. The zero-order valence-corrected chi connectivity index (χ0v) is 14.1. The topological polar surface area (TPSA) is 78.2 Å². The summed E-state index contributed by atoms with van der Waals surface area (Å²) in [5, 5.41) is 0. The van der Waals surface area contributed by atoms with Crippen molar-refractivity contribution in [2.75, 3.05) is 5.73 Å². The highest BCUT2D eigenvalue weighted by molar-refractivity contribution is 5.82. The number of nitrogen functional groups attached to an aromatic ring is 1. The van der Waals surface area contributed by atoms with E-state index in [1.165, 1.54) is 18.2 Å². The molecule has 0 aliphatic carbocycles. The first-order chi connectivity index (χ1) is 12.6. The molecule has 0 saturated heterocycles. The maximum atomic E-state index is 13.8. The normalized spacial score (nSPS) is 11.2. The van der Waals surface area contributed by atoms with Gasteiger partial charge in [0.1, 0.15) is 5.82 Å². The molecule has 130 valence electrons. The van der Waals surface area contributed by atoms with Gasteiger partial charge in [0.2, 0.25) is 0 Å². The highest BCUT2D eigenvalue weighted by atomic mass is 19.1. The van der Waals surface area contributed by atoms with Gasteiger partial charge < -0.3 is 10.3 Å². The molecule has 7 heteroatoms. The van der Waals surface area contributed by atoms with Gasteiger partial charge in [-0.3, -0.25) is 9.20 Å². The number of hydrogen-bond donors (Lipinski definition) is 1. The molecule has 0 unspecified atom stereocenters. The van der Waals surface area contributed by atoms with Gasteiger partial charge in [-0.2, -0.15) is 0 Å². The molecular weight excluding hydrogens is 333 g/mol. The minimum absolute atomic E-state index is 0.0890. The zero-order valence-electron chi connectivity index (χ0n) is 14.1. The number of halogens is 1. The molecule has 2 N–H and O–H groups in total. The van der Waals surface area contributed by atoms with Crippen LogP contribution >= 0.6 is 0 Å². The van der Waals surface area contributed by atoms with Crippen molar-refractivity contribution in [2.45, 2.75) is 13.5 Å². The lowest BCUT2D eigenvalue weighted by Crippen LogP contribution is -2.17. The van der Waals surface area contributed by atoms with Gasteiger partial charge >= 0.3 is 0 Å². The van der Waals surface area contributed by atoms with E-state index in [2.05, 4.69) is 9.97 Å². The Labute approximate surface area is 148 Å². The molecule has 0 saturated carbocycles. The number of hydrogen-bond acceptors (Lipinski definition) is 4. The molecule has 4 aromatic rings. The van der Waals surface area contributed by atoms with Gasteiger partial charge in [0.25, 0.3) is 5.56 Å². The summed E-state index contributed by atoms with van der Waals surface area (Å²) in [5.74, 6) is -0.111. The lowest BCUT2D eigenvalue weighted by Gasteiger charge is -2.14. The van der Waals surface area contributed by atoms with Gasteiger partial charge in [0, 0.05) is 42.3 Å². The quantitative estimate of drug-likeness (QED) is 0.617. The molecule has 0 aliphatic heterocycles. The summed E-state index contributed by atoms with van der Waals surface area (Å²) in [4.78, 5) is 20.7. The Morgan fingerprint density at radius 2 is 2.04 bits per heavy atom. The van der Waals surface area contributed by atoms with Gasteiger partial charge in [-0.25, -0.2) is 14.4 Å². The van der Waals surface area contributed by atoms with Crippen LogP contribution in [-0.4, -0.2) is 18.9 Å². The van der Waals surface area contributed by atoms with E-state index in [1.807, 2.05) is 11.3 Å². The average molecular weight is 349 g/mol. The predicted molar refractivity (Wildman–Crippen MR) is 98.2 cm³/mol. The molecule has 0 atom stereocenters. The monoisotopic (exact) mass is 349 g/mol. The number of imidazole rings is 1. The molecule has 26 heavy (non-hydrogen) atoms. The van der Waals surface area contributed by atoms with E-state index in [0.717, 1.165) is 5.56 Å². The van der Waals surface area contributed by atoms with E-state index < -0.39 is 0 Å². The van der Waals surface area contributed by atoms with Crippen molar-refractivity contribution >= 4 is 11.5 Å². The Bertz CT molecular complexity index is 1180. The molecule has 0 fully saturated rings. The maximum Gasteiger partial charge on any atom is 0.250 e. The van der Waals surface area contributed by atoms with Crippen molar-refractivity contribution in [1.82, 2.24) is 18.9 Å². The third kappa shape index (κ3) is 2.54. The molecule has 6 nitrogen and oxygen atoms in total. The largest absolute Gasteiger partial charge is 0.381 e. The van der Waals surface area contributed by atoms with Crippen LogP contribution in [0.15, 0.2) is 59.8 Å². The Balaban J connectivity index is 2.10. The lowest BCUT2D eigenvalue weighted by molar-refractivity contribution is 0.628. The van der Waals surface area contributed by atoms with Crippen LogP contribution in [0.1, 0.15) is 6.92 Å². The maximum absolute atomic E-state index is 13.8. The first kappa shape index (κ1) is 16.0. The molecule has 0 bridgehead atoms. The third-order valence-corrected chi connectivity index (χ3v) is 4.26. The van der Waals surface area contributed by atoms with Crippen molar-refractivity contribution in [2.24, 2.45) is 0 Å². The van der Waals surface area contributed by atoms with Crippen LogP contribution in [0, 0.1) is 5.82 Å². The van der Waals surface area contributed by atoms with Crippen molar-refractivity contribution in [3.63, 3.8) is 0 Å². The van der Waals surface area contributed by atoms with Crippen LogP contribution in [0.5, 0.6) is 0 Å². The molecule has 0 amide bonds. The zero-order chi connectivity index (χ0) is 18.3. The fourth-order valence-corrected chi connectivity index (χ4v) is 3.04. The molecule has 0 aliphatic rings. The van der Waals surface area contributed by atoms with Gasteiger partial charge in [-0.05, 0) is 25.1 Å². The molecule has 0 radical (unpaired) electrons. The van der Waals surface area contributed by atoms with Gasteiger partial charge in [-0.15, -0.1) is 0 Å². The van der Waals surface area contributed by atoms with Gasteiger partial charge in [0.05, 0.1) is 11.4 Å². The summed E-state index contributed by atoms with van der Waals surface area (Å²) >= 11 is 0. The van der Waals surface area contributed by atoms with E-state index in [4.69, 9.17) is 5.73 Å². The first-order valence-electron chi connectivity index (χ1n) is 8.18. The summed E-state index contributed by atoms with van der Waals surface area (Å²) in [6, 6.07) is 9.41.